The highest BCUT2D eigenvalue weighted by molar-refractivity contribution is 7.89. The van der Waals surface area contributed by atoms with Crippen molar-refractivity contribution in [2.75, 3.05) is 13.9 Å². The van der Waals surface area contributed by atoms with Crippen LogP contribution in [0, 0.1) is 6.92 Å². The molecule has 38 heavy (non-hydrogen) atoms. The molecule has 1 unspecified atom stereocenters. The van der Waals surface area contributed by atoms with E-state index in [4.69, 9.17) is 14.2 Å². The second-order valence-corrected chi connectivity index (χ2v) is 10.6. The van der Waals surface area contributed by atoms with Crippen LogP contribution in [0.4, 0.5) is 0 Å². The van der Waals surface area contributed by atoms with E-state index in [2.05, 4.69) is 4.72 Å². The number of carboxylic acids is 1. The summed E-state index contributed by atoms with van der Waals surface area (Å²) in [6.45, 7) is 1.79. The normalized spacial score (nSPS) is 14.3. The Labute approximate surface area is 218 Å². The highest BCUT2D eigenvalue weighted by atomic mass is 32.2. The highest BCUT2D eigenvalue weighted by Crippen LogP contribution is 2.41. The summed E-state index contributed by atoms with van der Waals surface area (Å²) < 4.78 is 48.3. The van der Waals surface area contributed by atoms with Gasteiger partial charge in [0.25, 0.3) is 0 Å². The smallest absolute Gasteiger partial charge is 0.335 e. The molecule has 2 N–H and O–H groups in total. The predicted octanol–water partition coefficient (Wildman–Crippen LogP) is 3.34. The summed E-state index contributed by atoms with van der Waals surface area (Å²) in [5, 5.41) is 9.96. The topological polar surface area (TPSA) is 133 Å². The summed E-state index contributed by atoms with van der Waals surface area (Å²) >= 11 is 0. The molecule has 1 aliphatic rings. The number of carboxylic acid groups (broad SMARTS) is 1. The average Bonchev–Trinajstić information content (AvgIpc) is 3.50. The van der Waals surface area contributed by atoms with Gasteiger partial charge in [-0.05, 0) is 54.4 Å². The van der Waals surface area contributed by atoms with Crippen molar-refractivity contribution in [3.8, 4) is 17.2 Å². The Balaban J connectivity index is 1.78. The molecule has 11 heteroatoms. The molecule has 0 fully saturated rings. The number of benzene rings is 3. The molecule has 0 aliphatic carbocycles. The van der Waals surface area contributed by atoms with Crippen molar-refractivity contribution in [1.82, 2.24) is 9.29 Å². The number of aryl methyl sites for hydroxylation is 2. The molecule has 10 nitrogen and oxygen atoms in total. The van der Waals surface area contributed by atoms with Gasteiger partial charge in [-0.15, -0.1) is 0 Å². The highest BCUT2D eigenvalue weighted by Gasteiger charge is 2.42. The second-order valence-electron chi connectivity index (χ2n) is 8.94. The molecular formula is C27H24N2O8S. The third-order valence-corrected chi connectivity index (χ3v) is 8.08. The number of methoxy groups -OCH3 is 1. The van der Waals surface area contributed by atoms with E-state index in [0.717, 1.165) is 5.56 Å². The number of rotatable bonds is 8. The maximum absolute atomic E-state index is 13.9. The minimum Gasteiger partial charge on any atom is -0.495 e. The molecule has 0 radical (unpaired) electrons. The molecule has 1 aliphatic heterocycles. The number of nitrogens with one attached hydrogen (secondary N) is 1. The first-order valence-electron chi connectivity index (χ1n) is 11.5. The standard InChI is InChI=1S/C27H24N2O8S/c1-16-4-9-25(24(10-16)35-3)38(33,34)28-27(14-30,18-6-8-22-23(12-18)37-15-36-22)20-13-29(2)21-11-17(26(31)32)5-7-19(20)21/h4-14,28H,15H2,1-3H3,(H,31,32). The van der Waals surface area contributed by atoms with Crippen molar-refractivity contribution >= 4 is 33.2 Å². The fraction of sp³-hybridized carbons (Fsp3) is 0.185. The third kappa shape index (κ3) is 4.05. The van der Waals surface area contributed by atoms with Crippen LogP contribution in [-0.2, 0) is 27.4 Å². The van der Waals surface area contributed by atoms with Crippen molar-refractivity contribution < 1.29 is 37.3 Å². The molecule has 2 heterocycles. The lowest BCUT2D eigenvalue weighted by molar-refractivity contribution is -0.111. The summed E-state index contributed by atoms with van der Waals surface area (Å²) in [6.07, 6.45) is 2.12. The Morgan fingerprint density at radius 1 is 1.11 bits per heavy atom. The van der Waals surface area contributed by atoms with Crippen molar-refractivity contribution in [3.05, 3.63) is 83.0 Å². The minimum atomic E-state index is -4.36. The lowest BCUT2D eigenvalue weighted by Crippen LogP contribution is -2.48. The largest absolute Gasteiger partial charge is 0.495 e. The number of aromatic nitrogens is 1. The Bertz CT molecular complexity index is 1710. The van der Waals surface area contributed by atoms with Gasteiger partial charge in [0.15, 0.2) is 11.5 Å². The first-order chi connectivity index (χ1) is 18.1. The quantitative estimate of drug-likeness (QED) is 0.328. The van der Waals surface area contributed by atoms with Crippen LogP contribution in [0.1, 0.15) is 27.0 Å². The molecule has 196 valence electrons. The zero-order chi connectivity index (χ0) is 27.2. The summed E-state index contributed by atoms with van der Waals surface area (Å²) in [4.78, 5) is 24.6. The summed E-state index contributed by atoms with van der Waals surface area (Å²) in [7, 11) is -1.31. The number of sulfonamides is 1. The van der Waals surface area contributed by atoms with E-state index in [1.807, 2.05) is 0 Å². The molecule has 0 spiro atoms. The molecular weight excluding hydrogens is 512 g/mol. The van der Waals surface area contributed by atoms with Gasteiger partial charge in [0.1, 0.15) is 22.5 Å². The number of fused-ring (bicyclic) bond motifs is 2. The number of hydrogen-bond donors (Lipinski definition) is 2. The van der Waals surface area contributed by atoms with E-state index in [9.17, 15) is 23.1 Å². The van der Waals surface area contributed by atoms with E-state index in [-0.39, 0.29) is 28.6 Å². The number of aromatic carboxylic acids is 1. The van der Waals surface area contributed by atoms with Gasteiger partial charge < -0.3 is 28.7 Å². The van der Waals surface area contributed by atoms with Crippen LogP contribution in [0.25, 0.3) is 10.9 Å². The molecule has 0 bridgehead atoms. The van der Waals surface area contributed by atoms with Crippen LogP contribution in [0.3, 0.4) is 0 Å². The molecule has 4 aromatic rings. The Morgan fingerprint density at radius 2 is 1.87 bits per heavy atom. The fourth-order valence-electron chi connectivity index (χ4n) is 4.66. The van der Waals surface area contributed by atoms with Crippen LogP contribution >= 0.6 is 0 Å². The first-order valence-corrected chi connectivity index (χ1v) is 13.0. The van der Waals surface area contributed by atoms with E-state index in [1.165, 1.54) is 25.3 Å². The molecule has 5 rings (SSSR count). The number of hydrogen-bond acceptors (Lipinski definition) is 7. The number of nitrogens with zero attached hydrogens (tertiary/aromatic N) is 1. The molecule has 3 aromatic carbocycles. The van der Waals surface area contributed by atoms with Gasteiger partial charge in [-0.2, -0.15) is 4.72 Å². The van der Waals surface area contributed by atoms with Crippen LogP contribution < -0.4 is 18.9 Å². The van der Waals surface area contributed by atoms with Gasteiger partial charge in [0.2, 0.25) is 16.8 Å². The van der Waals surface area contributed by atoms with E-state index in [0.29, 0.717) is 34.3 Å². The van der Waals surface area contributed by atoms with Crippen LogP contribution in [0.5, 0.6) is 17.2 Å². The third-order valence-electron chi connectivity index (χ3n) is 6.57. The number of ether oxygens (including phenoxy) is 3. The number of aldehydes is 1. The number of carbonyl (C=O) groups is 2. The molecule has 1 aromatic heterocycles. The zero-order valence-corrected chi connectivity index (χ0v) is 21.5. The molecule has 0 saturated heterocycles. The van der Waals surface area contributed by atoms with Crippen LogP contribution in [-0.4, -0.2) is 44.2 Å². The van der Waals surface area contributed by atoms with Gasteiger partial charge in [0.05, 0.1) is 12.7 Å². The van der Waals surface area contributed by atoms with Crippen molar-refractivity contribution in [3.63, 3.8) is 0 Å². The zero-order valence-electron chi connectivity index (χ0n) is 20.7. The maximum atomic E-state index is 13.9. The summed E-state index contributed by atoms with van der Waals surface area (Å²) in [6, 6.07) is 13.8. The van der Waals surface area contributed by atoms with Gasteiger partial charge >= 0.3 is 5.97 Å². The van der Waals surface area contributed by atoms with Gasteiger partial charge in [-0.25, -0.2) is 13.2 Å². The van der Waals surface area contributed by atoms with Crippen molar-refractivity contribution in [1.29, 1.82) is 0 Å². The Morgan fingerprint density at radius 3 is 2.58 bits per heavy atom. The minimum absolute atomic E-state index is 0.00853. The van der Waals surface area contributed by atoms with Crippen LogP contribution in [0.2, 0.25) is 0 Å². The monoisotopic (exact) mass is 536 g/mol. The maximum Gasteiger partial charge on any atom is 0.335 e. The summed E-state index contributed by atoms with van der Waals surface area (Å²) in [5.41, 5.74) is -0.00729. The molecule has 1 atom stereocenters. The summed E-state index contributed by atoms with van der Waals surface area (Å²) in [5.74, 6) is -0.180. The van der Waals surface area contributed by atoms with Crippen LogP contribution in [0.15, 0.2) is 65.7 Å². The second kappa shape index (κ2) is 9.19. The molecule has 0 amide bonds. The predicted molar refractivity (Wildman–Crippen MR) is 137 cm³/mol. The van der Waals surface area contributed by atoms with Crippen molar-refractivity contribution in [2.24, 2.45) is 7.05 Å². The fourth-order valence-corrected chi connectivity index (χ4v) is 6.13. The lowest BCUT2D eigenvalue weighted by Gasteiger charge is -2.30. The van der Waals surface area contributed by atoms with Gasteiger partial charge in [0, 0.05) is 29.7 Å². The van der Waals surface area contributed by atoms with E-state index in [1.54, 1.807) is 61.1 Å². The van der Waals surface area contributed by atoms with Crippen molar-refractivity contribution in [2.45, 2.75) is 17.4 Å². The molecule has 0 saturated carbocycles. The SMILES string of the molecule is COc1cc(C)ccc1S(=O)(=O)NC(C=O)(c1ccc2c(c1)OCO2)c1cn(C)c2cc(C(=O)O)ccc12. The average molecular weight is 537 g/mol. The Hall–Kier alpha value is -4.35. The Kier molecular flexibility index (Phi) is 6.12. The van der Waals surface area contributed by atoms with Gasteiger partial charge in [-0.3, -0.25) is 0 Å². The number of carbonyl (C=O) groups excluding carboxylic acids is 1. The van der Waals surface area contributed by atoms with E-state index < -0.39 is 21.5 Å². The van der Waals surface area contributed by atoms with E-state index >= 15 is 0 Å². The lowest BCUT2D eigenvalue weighted by atomic mass is 9.84. The van der Waals surface area contributed by atoms with Gasteiger partial charge in [-0.1, -0.05) is 18.2 Å². The first kappa shape index (κ1) is 25.3.